The van der Waals surface area contributed by atoms with E-state index < -0.39 is 0 Å². The lowest BCUT2D eigenvalue weighted by Crippen LogP contribution is -1.99. The Kier molecular flexibility index (Phi) is 3.17. The Labute approximate surface area is 81.4 Å². The summed E-state index contributed by atoms with van der Waals surface area (Å²) in [6.07, 6.45) is 4.58. The maximum atomic E-state index is 8.24. The van der Waals surface area contributed by atoms with Gasteiger partial charge in [0.1, 0.15) is 6.21 Å². The van der Waals surface area contributed by atoms with Crippen molar-refractivity contribution in [1.29, 1.82) is 5.26 Å². The van der Waals surface area contributed by atoms with Gasteiger partial charge in [0.25, 0.3) is 0 Å². The van der Waals surface area contributed by atoms with E-state index in [-0.39, 0.29) is 0 Å². The van der Waals surface area contributed by atoms with Gasteiger partial charge in [-0.15, -0.1) is 4.95 Å². The van der Waals surface area contributed by atoms with Crippen molar-refractivity contribution in [2.45, 2.75) is 0 Å². The molecule has 0 aliphatic carbocycles. The van der Waals surface area contributed by atoms with Gasteiger partial charge >= 0.3 is 0 Å². The predicted molar refractivity (Wildman–Crippen MR) is 52.8 cm³/mol. The smallest absolute Gasteiger partial charge is 0.205 e. The summed E-state index contributed by atoms with van der Waals surface area (Å²) in [5.74, 6) is 0. The minimum absolute atomic E-state index is 0.790. The molecule has 0 aliphatic rings. The van der Waals surface area contributed by atoms with Crippen LogP contribution in [0.15, 0.2) is 22.2 Å². The van der Waals surface area contributed by atoms with Crippen molar-refractivity contribution in [3.05, 3.63) is 35.0 Å². The van der Waals surface area contributed by atoms with Crippen molar-refractivity contribution in [2.75, 3.05) is 0 Å². The van der Waals surface area contributed by atoms with Crippen molar-refractivity contribution in [2.24, 2.45) is 17.1 Å². The highest BCUT2D eigenvalue weighted by molar-refractivity contribution is 5.84. The van der Waals surface area contributed by atoms with Crippen LogP contribution in [0, 0.1) is 18.0 Å². The number of hydrogen-bond donors (Lipinski definition) is 0. The van der Waals surface area contributed by atoms with Gasteiger partial charge in [0.2, 0.25) is 6.19 Å². The Morgan fingerprint density at radius 3 is 2.71 bits per heavy atom. The van der Waals surface area contributed by atoms with E-state index in [0.29, 0.717) is 0 Å². The number of hydrogen-bond acceptors (Lipinski definition) is 3. The molecular formula is C9H7N5. The first-order chi connectivity index (χ1) is 6.79. The minimum Gasteiger partial charge on any atom is -0.342 e. The highest BCUT2D eigenvalue weighted by Crippen LogP contribution is 2.02. The lowest BCUT2D eigenvalue weighted by Gasteiger charge is -1.96. The molecule has 0 amide bonds. The monoisotopic (exact) mass is 185 g/mol. The summed E-state index contributed by atoms with van der Waals surface area (Å²) in [7, 11) is 1.81. The Hall–Kier alpha value is -2.40. The van der Waals surface area contributed by atoms with Gasteiger partial charge in [-0.1, -0.05) is 0 Å². The van der Waals surface area contributed by atoms with Crippen LogP contribution in [0.1, 0.15) is 11.4 Å². The molecule has 14 heavy (non-hydrogen) atoms. The molecule has 5 heteroatoms. The molecule has 5 nitrogen and oxygen atoms in total. The Balaban J connectivity index is 2.99. The van der Waals surface area contributed by atoms with Gasteiger partial charge in [-0.25, -0.2) is 0 Å². The highest BCUT2D eigenvalue weighted by atomic mass is 15.2. The molecule has 0 radical (unpaired) electrons. The molecule has 0 bridgehead atoms. The second-order valence-corrected chi connectivity index (χ2v) is 2.44. The SMILES string of the molecule is [C-]#[N+]/N=C/c1ccc(C=NC#N)n1C. The molecule has 0 saturated carbocycles. The van der Waals surface area contributed by atoms with Crippen molar-refractivity contribution in [1.82, 2.24) is 4.57 Å². The van der Waals surface area contributed by atoms with Crippen LogP contribution in [0.5, 0.6) is 0 Å². The molecule has 0 unspecified atom stereocenters. The fourth-order valence-corrected chi connectivity index (χ4v) is 0.986. The zero-order chi connectivity index (χ0) is 10.4. The maximum absolute atomic E-state index is 8.24. The average molecular weight is 185 g/mol. The summed E-state index contributed by atoms with van der Waals surface area (Å²) in [4.78, 5) is 6.31. The molecule has 0 saturated heterocycles. The fourth-order valence-electron chi connectivity index (χ4n) is 0.986. The predicted octanol–water partition coefficient (Wildman–Crippen LogP) is 1.18. The summed E-state index contributed by atoms with van der Waals surface area (Å²) >= 11 is 0. The van der Waals surface area contributed by atoms with Crippen molar-refractivity contribution in [3.8, 4) is 6.19 Å². The van der Waals surface area contributed by atoms with Gasteiger partial charge in [-0.3, -0.25) is 0 Å². The molecule has 0 spiro atoms. The Morgan fingerprint density at radius 2 is 2.14 bits per heavy atom. The van der Waals surface area contributed by atoms with E-state index >= 15 is 0 Å². The molecule has 68 valence electrons. The summed E-state index contributed by atoms with van der Waals surface area (Å²) in [5, 5.41) is 11.7. The van der Waals surface area contributed by atoms with Gasteiger partial charge in [0.05, 0.1) is 22.7 Å². The van der Waals surface area contributed by atoms with E-state index in [4.69, 9.17) is 11.8 Å². The normalized spacial score (nSPS) is 10.5. The van der Waals surface area contributed by atoms with Gasteiger partial charge in [-0.2, -0.15) is 16.8 Å². The summed E-state index contributed by atoms with van der Waals surface area (Å²) in [6.45, 7) is 6.49. The zero-order valence-corrected chi connectivity index (χ0v) is 7.55. The van der Waals surface area contributed by atoms with Crippen LogP contribution in [-0.2, 0) is 7.05 Å². The van der Waals surface area contributed by atoms with E-state index in [0.717, 1.165) is 11.4 Å². The van der Waals surface area contributed by atoms with Crippen LogP contribution in [-0.4, -0.2) is 17.0 Å². The number of nitriles is 1. The van der Waals surface area contributed by atoms with Gasteiger partial charge in [0, 0.05) is 7.05 Å². The molecule has 0 N–H and O–H groups in total. The number of aromatic nitrogens is 1. The maximum Gasteiger partial charge on any atom is 0.205 e. The summed E-state index contributed by atoms with van der Waals surface area (Å²) in [5.41, 5.74) is 1.58. The molecule has 0 aromatic carbocycles. The lowest BCUT2D eigenvalue weighted by atomic mass is 10.4. The second kappa shape index (κ2) is 4.58. The van der Waals surface area contributed by atoms with Crippen LogP contribution >= 0.6 is 0 Å². The van der Waals surface area contributed by atoms with Crippen LogP contribution in [0.4, 0.5) is 0 Å². The van der Waals surface area contributed by atoms with Crippen molar-refractivity contribution in [3.63, 3.8) is 0 Å². The molecule has 1 heterocycles. The van der Waals surface area contributed by atoms with Gasteiger partial charge in [0.15, 0.2) is 0 Å². The summed E-state index contributed by atoms with van der Waals surface area (Å²) < 4.78 is 1.79. The largest absolute Gasteiger partial charge is 0.342 e. The quantitative estimate of drug-likeness (QED) is 0.295. The topological polar surface area (TPSA) is 57.8 Å². The Bertz CT molecular complexity index is 411. The number of nitrogens with zero attached hydrogens (tertiary/aromatic N) is 5. The Morgan fingerprint density at radius 1 is 1.50 bits per heavy atom. The molecule has 1 rings (SSSR count). The van der Waals surface area contributed by atoms with E-state index in [9.17, 15) is 0 Å². The molecule has 1 aromatic heterocycles. The van der Waals surface area contributed by atoms with Crippen LogP contribution in [0.25, 0.3) is 4.95 Å². The first kappa shape index (κ1) is 9.69. The minimum atomic E-state index is 0.790. The van der Waals surface area contributed by atoms with E-state index in [1.54, 1.807) is 22.9 Å². The third kappa shape index (κ3) is 2.05. The first-order valence-corrected chi connectivity index (χ1v) is 3.77. The molecule has 0 atom stereocenters. The molecular weight excluding hydrogens is 178 g/mol. The van der Waals surface area contributed by atoms with Crippen LogP contribution < -0.4 is 0 Å². The third-order valence-corrected chi connectivity index (χ3v) is 1.70. The van der Waals surface area contributed by atoms with E-state index in [1.165, 1.54) is 12.4 Å². The number of rotatable bonds is 2. The standard InChI is InChI=1S/C9H7N5/c1-11-13-6-9-4-3-8(14(9)2)5-12-7-10/h3-6H,2H3/b12-5?,13-6+. The van der Waals surface area contributed by atoms with Gasteiger partial charge in [-0.05, 0) is 12.1 Å². The lowest BCUT2D eigenvalue weighted by molar-refractivity contribution is 0.909. The van der Waals surface area contributed by atoms with Crippen LogP contribution in [0.2, 0.25) is 0 Å². The van der Waals surface area contributed by atoms with E-state index in [1.807, 2.05) is 7.05 Å². The number of aliphatic imine (C=N–C) groups is 1. The summed E-state index contributed by atoms with van der Waals surface area (Å²) in [6, 6.07) is 3.60. The van der Waals surface area contributed by atoms with E-state index in [2.05, 4.69) is 15.0 Å². The fraction of sp³-hybridized carbons (Fsp3) is 0.111. The highest BCUT2D eigenvalue weighted by Gasteiger charge is 2.00. The van der Waals surface area contributed by atoms with Crippen molar-refractivity contribution < 1.29 is 0 Å². The van der Waals surface area contributed by atoms with Gasteiger partial charge < -0.3 is 4.57 Å². The van der Waals surface area contributed by atoms with Crippen LogP contribution in [0.3, 0.4) is 0 Å². The molecule has 0 aliphatic heterocycles. The van der Waals surface area contributed by atoms with Crippen molar-refractivity contribution >= 4 is 12.4 Å². The molecule has 1 aromatic rings. The third-order valence-electron chi connectivity index (χ3n) is 1.70. The second-order valence-electron chi connectivity index (χ2n) is 2.44. The molecule has 0 fully saturated rings. The zero-order valence-electron chi connectivity index (χ0n) is 7.55. The average Bonchev–Trinajstić information content (AvgIpc) is 2.54. The first-order valence-electron chi connectivity index (χ1n) is 3.77.